The van der Waals surface area contributed by atoms with Crippen LogP contribution in [-0.2, 0) is 0 Å². The van der Waals surface area contributed by atoms with Crippen LogP contribution in [0.15, 0.2) is 41.1 Å². The molecule has 0 aliphatic rings. The summed E-state index contributed by atoms with van der Waals surface area (Å²) in [6, 6.07) is 10.2. The summed E-state index contributed by atoms with van der Waals surface area (Å²) >= 11 is 1.64. The van der Waals surface area contributed by atoms with Crippen LogP contribution < -0.4 is 4.74 Å². The summed E-state index contributed by atoms with van der Waals surface area (Å²) in [4.78, 5) is 9.57. The summed E-state index contributed by atoms with van der Waals surface area (Å²) in [6.45, 7) is 3.00. The Bertz CT molecular complexity index is 909. The van der Waals surface area contributed by atoms with Gasteiger partial charge in [-0.1, -0.05) is 134 Å². The van der Waals surface area contributed by atoms with Gasteiger partial charge in [-0.25, -0.2) is 9.97 Å². The number of ether oxygens (including phenoxy) is 1. The molecule has 0 spiro atoms. The summed E-state index contributed by atoms with van der Waals surface area (Å²) in [5.74, 6) is 0.665. The first kappa shape index (κ1) is 26.7. The molecule has 0 saturated carbocycles. The van der Waals surface area contributed by atoms with Crippen molar-refractivity contribution in [1.29, 1.82) is 0 Å². The van der Waals surface area contributed by atoms with E-state index in [1.54, 1.807) is 11.3 Å². The fourth-order valence-corrected chi connectivity index (χ4v) is 5.16. The highest BCUT2D eigenvalue weighted by Crippen LogP contribution is 2.30. The van der Waals surface area contributed by atoms with Gasteiger partial charge < -0.3 is 4.74 Å². The van der Waals surface area contributed by atoms with Crippen molar-refractivity contribution < 1.29 is 4.74 Å². The molecule has 0 fully saturated rings. The molecular weight excluding hydrogens is 436 g/mol. The molecule has 2 aromatic heterocycles. The van der Waals surface area contributed by atoms with E-state index in [2.05, 4.69) is 19.1 Å². The summed E-state index contributed by atoms with van der Waals surface area (Å²) in [6.07, 6.45) is 22.1. The van der Waals surface area contributed by atoms with E-state index < -0.39 is 0 Å². The van der Waals surface area contributed by atoms with Crippen molar-refractivity contribution in [1.82, 2.24) is 9.97 Å². The SMILES string of the molecule is CCCCCCCCCCCCCCCCCCOc1nc2cscc2nc1-c1ccccc1. The Morgan fingerprint density at radius 1 is 0.618 bits per heavy atom. The quantitative estimate of drug-likeness (QED) is 0.160. The third kappa shape index (κ3) is 9.74. The molecule has 3 nitrogen and oxygen atoms in total. The molecule has 0 saturated heterocycles. The number of fused-ring (bicyclic) bond motifs is 1. The lowest BCUT2D eigenvalue weighted by molar-refractivity contribution is 0.294. The lowest BCUT2D eigenvalue weighted by Crippen LogP contribution is -2.02. The molecule has 0 amide bonds. The molecule has 0 atom stereocenters. The van der Waals surface area contributed by atoms with Gasteiger partial charge in [-0.3, -0.25) is 0 Å². The lowest BCUT2D eigenvalue weighted by Gasteiger charge is -2.10. The van der Waals surface area contributed by atoms with Crippen LogP contribution in [0.1, 0.15) is 110 Å². The number of nitrogens with zero attached hydrogens (tertiary/aromatic N) is 2. The average Bonchev–Trinajstić information content (AvgIpc) is 3.33. The third-order valence-corrected chi connectivity index (χ3v) is 7.28. The number of hydrogen-bond acceptors (Lipinski definition) is 4. The Hall–Kier alpha value is -1.94. The molecule has 2 heterocycles. The second kappa shape index (κ2) is 16.6. The summed E-state index contributed by atoms with van der Waals surface area (Å²) < 4.78 is 6.12. The summed E-state index contributed by atoms with van der Waals surface area (Å²) in [5, 5.41) is 4.09. The van der Waals surface area contributed by atoms with Gasteiger partial charge in [0.1, 0.15) is 16.7 Å². The van der Waals surface area contributed by atoms with Crippen molar-refractivity contribution in [2.45, 2.75) is 110 Å². The monoisotopic (exact) mass is 480 g/mol. The highest BCUT2D eigenvalue weighted by atomic mass is 32.1. The largest absolute Gasteiger partial charge is 0.476 e. The molecule has 1 aromatic carbocycles. The van der Waals surface area contributed by atoms with Gasteiger partial charge in [0, 0.05) is 16.3 Å². The smallest absolute Gasteiger partial charge is 0.241 e. The molecule has 3 aromatic rings. The maximum absolute atomic E-state index is 6.12. The Labute approximate surface area is 211 Å². The minimum absolute atomic E-state index is 0.665. The Morgan fingerprint density at radius 3 is 1.68 bits per heavy atom. The number of aromatic nitrogens is 2. The van der Waals surface area contributed by atoms with Crippen LogP contribution in [0.2, 0.25) is 0 Å². The maximum atomic E-state index is 6.12. The summed E-state index contributed by atoms with van der Waals surface area (Å²) in [5.41, 5.74) is 3.78. The van der Waals surface area contributed by atoms with Gasteiger partial charge in [0.05, 0.1) is 6.61 Å². The normalized spacial score (nSPS) is 11.3. The molecule has 186 valence electrons. The van der Waals surface area contributed by atoms with Gasteiger partial charge in [-0.05, 0) is 6.42 Å². The second-order valence-electron chi connectivity index (χ2n) is 9.54. The number of unbranched alkanes of at least 4 members (excludes halogenated alkanes) is 15. The fourth-order valence-electron chi connectivity index (χ4n) is 4.49. The van der Waals surface area contributed by atoms with Crippen molar-refractivity contribution in [3.63, 3.8) is 0 Å². The number of benzene rings is 1. The van der Waals surface area contributed by atoms with E-state index in [1.165, 1.54) is 96.3 Å². The van der Waals surface area contributed by atoms with E-state index in [-0.39, 0.29) is 0 Å². The molecule has 0 bridgehead atoms. The van der Waals surface area contributed by atoms with Crippen LogP contribution in [-0.4, -0.2) is 16.6 Å². The van der Waals surface area contributed by atoms with Crippen LogP contribution in [0, 0.1) is 0 Å². The molecule has 0 N–H and O–H groups in total. The highest BCUT2D eigenvalue weighted by Gasteiger charge is 2.12. The Kier molecular flexibility index (Phi) is 13.1. The molecule has 0 aliphatic carbocycles. The molecular formula is C30H44N2OS. The average molecular weight is 481 g/mol. The number of thiophene rings is 1. The van der Waals surface area contributed by atoms with E-state index in [0.29, 0.717) is 12.5 Å². The van der Waals surface area contributed by atoms with Gasteiger partial charge >= 0.3 is 0 Å². The topological polar surface area (TPSA) is 35.0 Å². The van der Waals surface area contributed by atoms with E-state index >= 15 is 0 Å². The Morgan fingerprint density at radius 2 is 1.12 bits per heavy atom. The first-order chi connectivity index (χ1) is 16.9. The number of hydrogen-bond donors (Lipinski definition) is 0. The fraction of sp³-hybridized carbons (Fsp3) is 0.600. The first-order valence-corrected chi connectivity index (χ1v) is 14.7. The van der Waals surface area contributed by atoms with Gasteiger partial charge in [-0.15, -0.1) is 11.3 Å². The minimum Gasteiger partial charge on any atom is -0.476 e. The molecule has 0 radical (unpaired) electrons. The van der Waals surface area contributed by atoms with E-state index in [9.17, 15) is 0 Å². The van der Waals surface area contributed by atoms with Crippen LogP contribution in [0.4, 0.5) is 0 Å². The maximum Gasteiger partial charge on any atom is 0.241 e. The zero-order chi connectivity index (χ0) is 23.7. The van der Waals surface area contributed by atoms with Gasteiger partial charge in [0.2, 0.25) is 5.88 Å². The van der Waals surface area contributed by atoms with Crippen molar-refractivity contribution >= 4 is 22.4 Å². The van der Waals surface area contributed by atoms with Crippen molar-refractivity contribution in [2.24, 2.45) is 0 Å². The minimum atomic E-state index is 0.665. The molecule has 0 aliphatic heterocycles. The molecule has 3 rings (SSSR count). The summed E-state index contributed by atoms with van der Waals surface area (Å²) in [7, 11) is 0. The molecule has 0 unspecified atom stereocenters. The zero-order valence-electron chi connectivity index (χ0n) is 21.3. The second-order valence-corrected chi connectivity index (χ2v) is 10.3. The standard InChI is InChI=1S/C30H44N2OS/c1-2-3-4-5-6-7-8-9-10-11-12-13-14-15-16-20-23-33-30-29(26-21-18-17-19-22-26)31-27-24-34-25-28(27)32-30/h17-19,21-22,24-25H,2-16,20,23H2,1H3. The Balaban J connectivity index is 1.22. The van der Waals surface area contributed by atoms with Gasteiger partial charge in [0.15, 0.2) is 0 Å². The van der Waals surface area contributed by atoms with Gasteiger partial charge in [0.25, 0.3) is 0 Å². The van der Waals surface area contributed by atoms with Crippen molar-refractivity contribution in [3.05, 3.63) is 41.1 Å². The zero-order valence-corrected chi connectivity index (χ0v) is 22.1. The predicted octanol–water partition coefficient (Wildman–Crippen LogP) is 10.00. The molecule has 34 heavy (non-hydrogen) atoms. The van der Waals surface area contributed by atoms with E-state index in [1.807, 2.05) is 29.0 Å². The van der Waals surface area contributed by atoms with Crippen LogP contribution in [0.25, 0.3) is 22.3 Å². The van der Waals surface area contributed by atoms with Gasteiger partial charge in [-0.2, -0.15) is 0 Å². The lowest BCUT2D eigenvalue weighted by atomic mass is 10.0. The number of rotatable bonds is 19. The first-order valence-electron chi connectivity index (χ1n) is 13.8. The highest BCUT2D eigenvalue weighted by molar-refractivity contribution is 7.09. The van der Waals surface area contributed by atoms with Crippen LogP contribution >= 0.6 is 11.3 Å². The van der Waals surface area contributed by atoms with Crippen LogP contribution in [0.3, 0.4) is 0 Å². The van der Waals surface area contributed by atoms with Crippen molar-refractivity contribution in [3.8, 4) is 17.1 Å². The predicted molar refractivity (Wildman–Crippen MR) is 148 cm³/mol. The molecule has 4 heteroatoms. The van der Waals surface area contributed by atoms with Crippen molar-refractivity contribution in [2.75, 3.05) is 6.61 Å². The third-order valence-electron chi connectivity index (χ3n) is 6.56. The van der Waals surface area contributed by atoms with E-state index in [0.717, 1.165) is 28.7 Å². The van der Waals surface area contributed by atoms with Crippen LogP contribution in [0.5, 0.6) is 5.88 Å². The van der Waals surface area contributed by atoms with E-state index in [4.69, 9.17) is 14.7 Å².